The van der Waals surface area contributed by atoms with Crippen LogP contribution in [0, 0.1) is 12.7 Å². The lowest BCUT2D eigenvalue weighted by molar-refractivity contribution is -0.118. The van der Waals surface area contributed by atoms with E-state index in [0.717, 1.165) is 16.1 Å². The SMILES string of the molecule is Cc1nc(NC(=O)C(C)n2c(=O)oc3ccccc32)sc1Cc1ccc(F)cc1. The van der Waals surface area contributed by atoms with Gasteiger partial charge in [0, 0.05) is 11.3 Å². The third-order valence-corrected chi connectivity index (χ3v) is 5.76. The fraction of sp³-hybridized carbons (Fsp3) is 0.190. The van der Waals surface area contributed by atoms with Crippen molar-refractivity contribution in [3.8, 4) is 0 Å². The number of fused-ring (bicyclic) bond motifs is 1. The summed E-state index contributed by atoms with van der Waals surface area (Å²) in [5.41, 5.74) is 2.75. The molecule has 4 rings (SSSR count). The smallest absolute Gasteiger partial charge is 0.408 e. The van der Waals surface area contributed by atoms with E-state index in [2.05, 4.69) is 10.3 Å². The van der Waals surface area contributed by atoms with Crippen LogP contribution in [0.5, 0.6) is 0 Å². The van der Waals surface area contributed by atoms with Crippen LogP contribution in [-0.4, -0.2) is 15.5 Å². The second-order valence-electron chi connectivity index (χ2n) is 6.70. The molecule has 29 heavy (non-hydrogen) atoms. The molecule has 0 bridgehead atoms. The largest absolute Gasteiger partial charge is 0.420 e. The van der Waals surface area contributed by atoms with E-state index < -0.39 is 11.8 Å². The van der Waals surface area contributed by atoms with E-state index in [4.69, 9.17) is 4.42 Å². The van der Waals surface area contributed by atoms with Crippen molar-refractivity contribution in [1.82, 2.24) is 9.55 Å². The summed E-state index contributed by atoms with van der Waals surface area (Å²) < 4.78 is 19.6. The maximum Gasteiger partial charge on any atom is 0.420 e. The first kappa shape index (κ1) is 19.1. The van der Waals surface area contributed by atoms with E-state index in [0.29, 0.717) is 22.7 Å². The Morgan fingerprint density at radius 2 is 1.97 bits per heavy atom. The highest BCUT2D eigenvalue weighted by molar-refractivity contribution is 7.15. The summed E-state index contributed by atoms with van der Waals surface area (Å²) >= 11 is 1.36. The molecule has 2 heterocycles. The van der Waals surface area contributed by atoms with Gasteiger partial charge < -0.3 is 9.73 Å². The molecule has 2 aromatic heterocycles. The second-order valence-corrected chi connectivity index (χ2v) is 7.79. The lowest BCUT2D eigenvalue weighted by atomic mass is 10.1. The highest BCUT2D eigenvalue weighted by Crippen LogP contribution is 2.26. The molecule has 0 radical (unpaired) electrons. The Hall–Kier alpha value is -3.26. The van der Waals surface area contributed by atoms with Crippen molar-refractivity contribution in [3.63, 3.8) is 0 Å². The van der Waals surface area contributed by atoms with Crippen LogP contribution in [0.15, 0.2) is 57.7 Å². The molecular formula is C21H18FN3O3S. The number of benzene rings is 2. The molecule has 1 unspecified atom stereocenters. The van der Waals surface area contributed by atoms with E-state index in [1.54, 1.807) is 43.3 Å². The summed E-state index contributed by atoms with van der Waals surface area (Å²) in [5.74, 6) is -1.22. The highest BCUT2D eigenvalue weighted by atomic mass is 32.1. The fourth-order valence-electron chi connectivity index (χ4n) is 3.11. The lowest BCUT2D eigenvalue weighted by Gasteiger charge is -2.11. The molecule has 1 N–H and O–H groups in total. The number of thiazole rings is 1. The Bertz CT molecular complexity index is 1240. The minimum atomic E-state index is -0.768. The van der Waals surface area contributed by atoms with Crippen molar-refractivity contribution >= 4 is 33.5 Å². The van der Waals surface area contributed by atoms with Crippen LogP contribution in [0.25, 0.3) is 11.1 Å². The molecule has 148 valence electrons. The molecule has 1 atom stereocenters. The van der Waals surface area contributed by atoms with Crippen molar-refractivity contribution in [3.05, 3.63) is 81.0 Å². The van der Waals surface area contributed by atoms with Gasteiger partial charge in [0.15, 0.2) is 10.7 Å². The van der Waals surface area contributed by atoms with Crippen LogP contribution in [0.3, 0.4) is 0 Å². The third kappa shape index (κ3) is 3.84. The predicted molar refractivity (Wildman–Crippen MR) is 110 cm³/mol. The van der Waals surface area contributed by atoms with Gasteiger partial charge in [0.2, 0.25) is 5.91 Å². The van der Waals surface area contributed by atoms with Crippen LogP contribution in [0.2, 0.25) is 0 Å². The van der Waals surface area contributed by atoms with E-state index in [9.17, 15) is 14.0 Å². The minimum Gasteiger partial charge on any atom is -0.408 e. The zero-order chi connectivity index (χ0) is 20.5. The number of aromatic nitrogens is 2. The molecule has 2 aromatic carbocycles. The number of nitrogens with one attached hydrogen (secondary N) is 1. The summed E-state index contributed by atoms with van der Waals surface area (Å²) in [7, 11) is 0. The molecular weight excluding hydrogens is 393 g/mol. The van der Waals surface area contributed by atoms with Crippen LogP contribution < -0.4 is 11.1 Å². The topological polar surface area (TPSA) is 77.1 Å². The number of anilines is 1. The molecule has 0 aliphatic heterocycles. The molecule has 8 heteroatoms. The number of hydrogen-bond acceptors (Lipinski definition) is 5. The van der Waals surface area contributed by atoms with Crippen LogP contribution >= 0.6 is 11.3 Å². The molecule has 1 amide bonds. The van der Waals surface area contributed by atoms with Gasteiger partial charge in [-0.1, -0.05) is 24.3 Å². The fourth-order valence-corrected chi connectivity index (χ4v) is 4.11. The average Bonchev–Trinajstić information content (AvgIpc) is 3.21. The van der Waals surface area contributed by atoms with E-state index >= 15 is 0 Å². The van der Waals surface area contributed by atoms with Gasteiger partial charge in [0.1, 0.15) is 11.9 Å². The van der Waals surface area contributed by atoms with Crippen molar-refractivity contribution < 1.29 is 13.6 Å². The van der Waals surface area contributed by atoms with Crippen molar-refractivity contribution in [2.45, 2.75) is 26.3 Å². The van der Waals surface area contributed by atoms with Crippen molar-refractivity contribution in [2.75, 3.05) is 5.32 Å². The van der Waals surface area contributed by atoms with Gasteiger partial charge in [-0.3, -0.25) is 9.36 Å². The summed E-state index contributed by atoms with van der Waals surface area (Å²) in [6.07, 6.45) is 0.598. The van der Waals surface area contributed by atoms with Crippen LogP contribution in [0.1, 0.15) is 29.1 Å². The molecule has 0 aliphatic rings. The first-order valence-electron chi connectivity index (χ1n) is 9.04. The van der Waals surface area contributed by atoms with Crippen molar-refractivity contribution in [2.24, 2.45) is 0 Å². The minimum absolute atomic E-state index is 0.279. The van der Waals surface area contributed by atoms with Gasteiger partial charge in [0.05, 0.1) is 11.2 Å². The Morgan fingerprint density at radius 1 is 1.24 bits per heavy atom. The summed E-state index contributed by atoms with van der Waals surface area (Å²) in [5, 5.41) is 3.24. The Kier molecular flexibility index (Phi) is 5.02. The normalized spacial score (nSPS) is 12.2. The highest BCUT2D eigenvalue weighted by Gasteiger charge is 2.22. The molecule has 0 fully saturated rings. The van der Waals surface area contributed by atoms with Gasteiger partial charge in [0.25, 0.3) is 0 Å². The Balaban J connectivity index is 1.53. The monoisotopic (exact) mass is 411 g/mol. The number of hydrogen-bond donors (Lipinski definition) is 1. The van der Waals surface area contributed by atoms with Gasteiger partial charge in [-0.25, -0.2) is 14.2 Å². The van der Waals surface area contributed by atoms with Gasteiger partial charge in [-0.15, -0.1) is 11.3 Å². The number of rotatable bonds is 5. The van der Waals surface area contributed by atoms with Crippen LogP contribution in [-0.2, 0) is 11.2 Å². The van der Waals surface area contributed by atoms with E-state index in [1.165, 1.54) is 28.0 Å². The Labute approximate surface area is 169 Å². The first-order chi connectivity index (χ1) is 13.9. The standard InChI is InChI=1S/C21H18FN3O3S/c1-12-18(11-14-7-9-15(22)10-8-14)29-20(23-12)24-19(26)13(2)25-16-5-3-4-6-17(16)28-21(25)27/h3-10,13H,11H2,1-2H3,(H,23,24,26). The Morgan fingerprint density at radius 3 is 2.72 bits per heavy atom. The molecule has 0 spiro atoms. The summed E-state index contributed by atoms with van der Waals surface area (Å²) in [6.45, 7) is 3.50. The molecule has 6 nitrogen and oxygen atoms in total. The quantitative estimate of drug-likeness (QED) is 0.532. The molecule has 0 saturated carbocycles. The number of amides is 1. The number of carbonyl (C=O) groups is 1. The van der Waals surface area contributed by atoms with Crippen molar-refractivity contribution in [1.29, 1.82) is 0 Å². The summed E-state index contributed by atoms with van der Waals surface area (Å²) in [4.78, 5) is 30.3. The third-order valence-electron chi connectivity index (χ3n) is 4.69. The number of oxazole rings is 1. The van der Waals surface area contributed by atoms with E-state index in [1.807, 2.05) is 6.92 Å². The maximum atomic E-state index is 13.1. The zero-order valence-corrected chi connectivity index (χ0v) is 16.6. The zero-order valence-electron chi connectivity index (χ0n) is 15.8. The van der Waals surface area contributed by atoms with E-state index in [-0.39, 0.29) is 11.7 Å². The second kappa shape index (κ2) is 7.63. The first-order valence-corrected chi connectivity index (χ1v) is 9.85. The lowest BCUT2D eigenvalue weighted by Crippen LogP contribution is -2.29. The maximum absolute atomic E-state index is 13.1. The van der Waals surface area contributed by atoms with Gasteiger partial charge in [-0.05, 0) is 43.7 Å². The number of halogens is 1. The number of aryl methyl sites for hydroxylation is 1. The number of carbonyl (C=O) groups excluding carboxylic acids is 1. The number of para-hydroxylation sites is 2. The predicted octanol–water partition coefficient (Wildman–Crippen LogP) is 4.29. The van der Waals surface area contributed by atoms with Crippen LogP contribution in [0.4, 0.5) is 9.52 Å². The van der Waals surface area contributed by atoms with Gasteiger partial charge in [-0.2, -0.15) is 0 Å². The summed E-state index contributed by atoms with van der Waals surface area (Å²) in [6, 6.07) is 12.5. The number of nitrogens with zero attached hydrogens (tertiary/aromatic N) is 2. The molecule has 4 aromatic rings. The average molecular weight is 411 g/mol. The van der Waals surface area contributed by atoms with Gasteiger partial charge >= 0.3 is 5.76 Å². The molecule has 0 aliphatic carbocycles. The molecule has 0 saturated heterocycles.